The lowest BCUT2D eigenvalue weighted by Crippen LogP contribution is -2.42. The number of Topliss-reactive ketones (excluding diaryl/α,β-unsaturated/α-hetero) is 1. The normalized spacial score (nSPS) is 13.3. The van der Waals surface area contributed by atoms with Crippen LogP contribution >= 0.6 is 0 Å². The number of carbonyl (C=O) groups is 4. The van der Waals surface area contributed by atoms with Crippen molar-refractivity contribution in [1.82, 2.24) is 5.32 Å². The van der Waals surface area contributed by atoms with Crippen LogP contribution in [0.1, 0.15) is 46.8 Å². The molecule has 1 aliphatic heterocycles. The van der Waals surface area contributed by atoms with Crippen molar-refractivity contribution in [1.29, 1.82) is 5.41 Å². The Hall–Kier alpha value is -4.21. The number of ketones is 1. The van der Waals surface area contributed by atoms with Crippen LogP contribution in [0.15, 0.2) is 36.4 Å². The van der Waals surface area contributed by atoms with E-state index in [9.17, 15) is 24.3 Å². The number of carbonyl (C=O) groups excluding carboxylic acids is 3. The van der Waals surface area contributed by atoms with E-state index in [2.05, 4.69) is 10.6 Å². The lowest BCUT2D eigenvalue weighted by Gasteiger charge is -2.20. The van der Waals surface area contributed by atoms with Crippen molar-refractivity contribution in [3.63, 3.8) is 0 Å². The van der Waals surface area contributed by atoms with Crippen molar-refractivity contribution < 1.29 is 29.0 Å². The van der Waals surface area contributed by atoms with Gasteiger partial charge in [0.05, 0.1) is 5.56 Å². The number of rotatable bonds is 8. The number of hydrogen-bond acceptors (Lipinski definition) is 6. The van der Waals surface area contributed by atoms with E-state index in [1.165, 1.54) is 6.92 Å². The van der Waals surface area contributed by atoms with Crippen molar-refractivity contribution in [3.8, 4) is 5.75 Å². The Bertz CT molecular complexity index is 1160. The second-order valence-electron chi connectivity index (χ2n) is 8.06. The molecule has 2 aromatic rings. The zero-order chi connectivity index (χ0) is 24.8. The fourth-order valence-corrected chi connectivity index (χ4v) is 3.87. The molecule has 0 aromatic heterocycles. The van der Waals surface area contributed by atoms with Crippen LogP contribution in [0.2, 0.25) is 0 Å². The summed E-state index contributed by atoms with van der Waals surface area (Å²) >= 11 is 0. The number of hydrogen-bond donors (Lipinski definition) is 5. The third-order valence-corrected chi connectivity index (χ3v) is 5.43. The molecular weight excluding hydrogens is 440 g/mol. The largest absolute Gasteiger partial charge is 0.480 e. The molecule has 10 heteroatoms. The number of guanidine groups is 1. The standard InChI is InChI=1S/C24H26N4O6/c1-13(29)11-19(22(31)32)28-21(30)10-6-14-3-2-4-20-17(14)8-5-15-12-16(27-24(25)26)7-9-18(15)23(33)34-20/h2-4,7,9,12,19H,5-6,8,10-11H2,1H3,(H,28,30)(H,31,32)(H4,25,26,27)/t19-/m0/s1. The van der Waals surface area contributed by atoms with Gasteiger partial charge in [-0.2, -0.15) is 0 Å². The Balaban J connectivity index is 1.75. The maximum Gasteiger partial charge on any atom is 0.343 e. The molecule has 0 saturated carbocycles. The van der Waals surface area contributed by atoms with Gasteiger partial charge in [-0.25, -0.2) is 9.59 Å². The number of nitrogens with two attached hydrogens (primary N) is 1. The van der Waals surface area contributed by atoms with E-state index in [0.717, 1.165) is 16.7 Å². The first-order chi connectivity index (χ1) is 16.1. The Kier molecular flexibility index (Phi) is 7.62. The highest BCUT2D eigenvalue weighted by Gasteiger charge is 2.24. The highest BCUT2D eigenvalue weighted by molar-refractivity contribution is 5.95. The first-order valence-electron chi connectivity index (χ1n) is 10.7. The molecule has 6 N–H and O–H groups in total. The second kappa shape index (κ2) is 10.6. The molecule has 178 valence electrons. The van der Waals surface area contributed by atoms with Crippen molar-refractivity contribution in [3.05, 3.63) is 58.7 Å². The maximum absolute atomic E-state index is 12.7. The van der Waals surface area contributed by atoms with Gasteiger partial charge in [-0.05, 0) is 67.1 Å². The molecule has 2 aromatic carbocycles. The van der Waals surface area contributed by atoms with Crippen LogP contribution in [-0.4, -0.2) is 40.7 Å². The summed E-state index contributed by atoms with van der Waals surface area (Å²) in [5.74, 6) is -2.39. The van der Waals surface area contributed by atoms with E-state index in [1.54, 1.807) is 30.3 Å². The molecule has 0 saturated heterocycles. The number of nitrogens with one attached hydrogen (secondary N) is 3. The van der Waals surface area contributed by atoms with Crippen LogP contribution in [0.3, 0.4) is 0 Å². The maximum atomic E-state index is 12.7. The lowest BCUT2D eigenvalue weighted by atomic mass is 9.93. The van der Waals surface area contributed by atoms with Gasteiger partial charge in [0.1, 0.15) is 17.6 Å². The molecule has 34 heavy (non-hydrogen) atoms. The van der Waals surface area contributed by atoms with Crippen LogP contribution in [0.5, 0.6) is 5.75 Å². The monoisotopic (exact) mass is 466 g/mol. The Morgan fingerprint density at radius 3 is 2.65 bits per heavy atom. The number of ether oxygens (including phenoxy) is 1. The van der Waals surface area contributed by atoms with E-state index in [-0.39, 0.29) is 24.6 Å². The number of carboxylic acids is 1. The fourth-order valence-electron chi connectivity index (χ4n) is 3.87. The summed E-state index contributed by atoms with van der Waals surface area (Å²) in [5, 5.41) is 21.7. The van der Waals surface area contributed by atoms with Gasteiger partial charge in [0.25, 0.3) is 0 Å². The minimum Gasteiger partial charge on any atom is -0.480 e. The first kappa shape index (κ1) is 24.4. The number of aryl methyl sites for hydroxylation is 2. The Labute approximate surface area is 196 Å². The van der Waals surface area contributed by atoms with Crippen molar-refractivity contribution in [2.24, 2.45) is 5.73 Å². The van der Waals surface area contributed by atoms with Gasteiger partial charge in [0, 0.05) is 18.5 Å². The number of carboxylic acid groups (broad SMARTS) is 1. The first-order valence-corrected chi connectivity index (χ1v) is 10.7. The molecule has 0 fully saturated rings. The lowest BCUT2D eigenvalue weighted by molar-refractivity contribution is -0.143. The molecule has 1 amide bonds. The zero-order valence-electron chi connectivity index (χ0n) is 18.6. The van der Waals surface area contributed by atoms with Gasteiger partial charge < -0.3 is 26.2 Å². The molecule has 0 aliphatic carbocycles. The van der Waals surface area contributed by atoms with Gasteiger partial charge in [0.2, 0.25) is 5.91 Å². The minimum absolute atomic E-state index is 0.00928. The SMILES string of the molecule is CC(=O)C[C@H](NC(=O)CCc1cccc2c1CCc1cc(NC(=N)N)ccc1C(=O)O2)C(=O)O. The summed E-state index contributed by atoms with van der Waals surface area (Å²) in [6.45, 7) is 1.27. The Morgan fingerprint density at radius 1 is 1.21 bits per heavy atom. The third kappa shape index (κ3) is 6.18. The Morgan fingerprint density at radius 2 is 1.97 bits per heavy atom. The third-order valence-electron chi connectivity index (χ3n) is 5.43. The summed E-state index contributed by atoms with van der Waals surface area (Å²) in [7, 11) is 0. The zero-order valence-corrected chi connectivity index (χ0v) is 18.6. The van der Waals surface area contributed by atoms with Crippen LogP contribution in [0.25, 0.3) is 0 Å². The summed E-state index contributed by atoms with van der Waals surface area (Å²) in [6.07, 6.45) is 1.09. The van der Waals surface area contributed by atoms with Crippen LogP contribution in [-0.2, 0) is 33.6 Å². The van der Waals surface area contributed by atoms with E-state index in [4.69, 9.17) is 15.9 Å². The van der Waals surface area contributed by atoms with Gasteiger partial charge in [0.15, 0.2) is 5.96 Å². The van der Waals surface area contributed by atoms with Crippen LogP contribution < -0.4 is 21.1 Å². The highest BCUT2D eigenvalue weighted by Crippen LogP contribution is 2.30. The summed E-state index contributed by atoms with van der Waals surface area (Å²) in [5.41, 5.74) is 8.74. The molecule has 0 radical (unpaired) electrons. The number of anilines is 1. The van der Waals surface area contributed by atoms with Crippen molar-refractivity contribution in [2.45, 2.75) is 45.1 Å². The number of aliphatic carboxylic acids is 1. The van der Waals surface area contributed by atoms with Gasteiger partial charge in [-0.1, -0.05) is 12.1 Å². The van der Waals surface area contributed by atoms with Crippen LogP contribution in [0.4, 0.5) is 5.69 Å². The second-order valence-corrected chi connectivity index (χ2v) is 8.06. The summed E-state index contributed by atoms with van der Waals surface area (Å²) in [4.78, 5) is 47.6. The van der Waals surface area contributed by atoms with E-state index in [1.807, 2.05) is 6.07 Å². The number of benzene rings is 2. The molecule has 0 spiro atoms. The molecule has 1 atom stereocenters. The van der Waals surface area contributed by atoms with Gasteiger partial charge in [-0.15, -0.1) is 0 Å². The predicted octanol–water partition coefficient (Wildman–Crippen LogP) is 1.79. The number of esters is 1. The number of fused-ring (bicyclic) bond motifs is 2. The fraction of sp³-hybridized carbons (Fsp3) is 0.292. The molecular formula is C24H26N4O6. The van der Waals surface area contributed by atoms with Crippen molar-refractivity contribution >= 4 is 35.3 Å². The molecule has 3 rings (SSSR count). The van der Waals surface area contributed by atoms with E-state index in [0.29, 0.717) is 36.3 Å². The van der Waals surface area contributed by atoms with Gasteiger partial charge in [-0.3, -0.25) is 15.0 Å². The van der Waals surface area contributed by atoms with E-state index >= 15 is 0 Å². The predicted molar refractivity (Wildman–Crippen MR) is 124 cm³/mol. The van der Waals surface area contributed by atoms with E-state index < -0.39 is 23.9 Å². The summed E-state index contributed by atoms with van der Waals surface area (Å²) < 4.78 is 5.63. The van der Waals surface area contributed by atoms with Crippen molar-refractivity contribution in [2.75, 3.05) is 5.32 Å². The number of amides is 1. The topological polar surface area (TPSA) is 172 Å². The molecule has 0 bridgehead atoms. The average Bonchev–Trinajstić information content (AvgIpc) is 2.74. The van der Waals surface area contributed by atoms with Gasteiger partial charge >= 0.3 is 11.9 Å². The molecule has 0 unspecified atom stereocenters. The molecule has 10 nitrogen and oxygen atoms in total. The molecule has 1 heterocycles. The molecule has 1 aliphatic rings. The highest BCUT2D eigenvalue weighted by atomic mass is 16.5. The summed E-state index contributed by atoms with van der Waals surface area (Å²) in [6, 6.07) is 9.02. The quantitative estimate of drug-likeness (QED) is 0.169. The smallest absolute Gasteiger partial charge is 0.343 e. The minimum atomic E-state index is -1.27. The average molecular weight is 466 g/mol. The van der Waals surface area contributed by atoms with Crippen LogP contribution in [0, 0.1) is 5.41 Å².